The van der Waals surface area contributed by atoms with E-state index >= 15 is 0 Å². The molecule has 0 spiro atoms. The van der Waals surface area contributed by atoms with E-state index in [1.807, 2.05) is 26.8 Å². The van der Waals surface area contributed by atoms with E-state index in [0.29, 0.717) is 12.3 Å². The molecule has 0 saturated carbocycles. The van der Waals surface area contributed by atoms with Crippen LogP contribution in [0.2, 0.25) is 0 Å². The average molecular weight is 306 g/mol. The van der Waals surface area contributed by atoms with Crippen molar-refractivity contribution in [2.45, 2.75) is 78.4 Å². The first-order valence-corrected chi connectivity index (χ1v) is 8.66. The van der Waals surface area contributed by atoms with Crippen molar-refractivity contribution < 1.29 is 10.2 Å². The second kappa shape index (κ2) is 8.69. The van der Waals surface area contributed by atoms with Gasteiger partial charge in [0.15, 0.2) is 0 Å². The zero-order valence-corrected chi connectivity index (χ0v) is 15.0. The van der Waals surface area contributed by atoms with Crippen LogP contribution in [0.1, 0.15) is 66.7 Å². The summed E-state index contributed by atoms with van der Waals surface area (Å²) in [5, 5.41) is 21.3. The smallest absolute Gasteiger partial charge is 0.0878 e. The summed E-state index contributed by atoms with van der Waals surface area (Å²) in [4.78, 5) is 0. The summed E-state index contributed by atoms with van der Waals surface area (Å²) in [5.74, 6) is 0.513. The maximum Gasteiger partial charge on any atom is 0.0878 e. The molecule has 0 aliphatic heterocycles. The predicted octanol–water partition coefficient (Wildman–Crippen LogP) is 4.78. The Kier molecular flexibility index (Phi) is 7.58. The molecule has 2 N–H and O–H groups in total. The fourth-order valence-electron chi connectivity index (χ4n) is 2.75. The van der Waals surface area contributed by atoms with Crippen molar-refractivity contribution in [3.8, 4) is 0 Å². The molecule has 1 rings (SSSR count). The van der Waals surface area contributed by atoms with Gasteiger partial charge in [0.1, 0.15) is 0 Å². The van der Waals surface area contributed by atoms with Crippen molar-refractivity contribution in [2.24, 2.45) is 11.8 Å². The summed E-state index contributed by atoms with van der Waals surface area (Å²) in [6.45, 7) is 10.4. The maximum atomic E-state index is 10.9. The van der Waals surface area contributed by atoms with Crippen LogP contribution < -0.4 is 0 Å². The summed E-state index contributed by atoms with van der Waals surface area (Å²) in [7, 11) is 0. The van der Waals surface area contributed by atoms with Crippen LogP contribution >= 0.6 is 0 Å². The van der Waals surface area contributed by atoms with E-state index in [2.05, 4.69) is 32.1 Å². The van der Waals surface area contributed by atoms with Crippen molar-refractivity contribution >= 4 is 0 Å². The summed E-state index contributed by atoms with van der Waals surface area (Å²) >= 11 is 0. The minimum atomic E-state index is -0.946. The van der Waals surface area contributed by atoms with Crippen LogP contribution in [-0.4, -0.2) is 21.9 Å². The number of rotatable bonds is 1. The summed E-state index contributed by atoms with van der Waals surface area (Å²) < 4.78 is 0. The Morgan fingerprint density at radius 1 is 1.18 bits per heavy atom. The van der Waals surface area contributed by atoms with Crippen molar-refractivity contribution in [1.29, 1.82) is 0 Å². The van der Waals surface area contributed by atoms with Crippen molar-refractivity contribution in [1.82, 2.24) is 0 Å². The first kappa shape index (κ1) is 19.2. The van der Waals surface area contributed by atoms with Crippen molar-refractivity contribution in [2.75, 3.05) is 0 Å². The molecule has 1 aliphatic rings. The van der Waals surface area contributed by atoms with Crippen LogP contribution in [0.15, 0.2) is 35.5 Å². The van der Waals surface area contributed by atoms with Gasteiger partial charge >= 0.3 is 0 Å². The highest BCUT2D eigenvalue weighted by atomic mass is 16.3. The van der Waals surface area contributed by atoms with E-state index in [1.165, 1.54) is 5.57 Å². The highest BCUT2D eigenvalue weighted by Gasteiger charge is 2.31. The highest BCUT2D eigenvalue weighted by molar-refractivity contribution is 5.13. The molecular formula is C20H34O2. The van der Waals surface area contributed by atoms with Gasteiger partial charge in [0.2, 0.25) is 0 Å². The van der Waals surface area contributed by atoms with E-state index < -0.39 is 11.7 Å². The second-order valence-corrected chi connectivity index (χ2v) is 7.32. The number of aliphatic hydroxyl groups is 2. The van der Waals surface area contributed by atoms with Gasteiger partial charge in [-0.2, -0.15) is 0 Å². The topological polar surface area (TPSA) is 40.5 Å². The Bertz CT molecular complexity index is 431. The van der Waals surface area contributed by atoms with Gasteiger partial charge in [-0.15, -0.1) is 0 Å². The zero-order chi connectivity index (χ0) is 16.8. The SMILES string of the molecule is C/C1=C\CC[C@H](C)/C=C/[C@@](O)(C(C)C)C[C@@H](O)/C(C)=C/CC1. The lowest BCUT2D eigenvalue weighted by Gasteiger charge is -2.32. The molecule has 0 aromatic carbocycles. The average Bonchev–Trinajstić information content (AvgIpc) is 2.44. The first-order valence-electron chi connectivity index (χ1n) is 8.66. The Morgan fingerprint density at radius 3 is 2.50 bits per heavy atom. The van der Waals surface area contributed by atoms with Gasteiger partial charge in [0.25, 0.3) is 0 Å². The van der Waals surface area contributed by atoms with E-state index in [4.69, 9.17) is 0 Å². The maximum absolute atomic E-state index is 10.9. The number of aliphatic hydroxyl groups excluding tert-OH is 1. The molecule has 0 fully saturated rings. The van der Waals surface area contributed by atoms with Crippen LogP contribution in [0, 0.1) is 11.8 Å². The van der Waals surface area contributed by atoms with Gasteiger partial charge in [-0.25, -0.2) is 0 Å². The molecular weight excluding hydrogens is 272 g/mol. The zero-order valence-electron chi connectivity index (χ0n) is 15.0. The summed E-state index contributed by atoms with van der Waals surface area (Å²) in [5.41, 5.74) is 1.44. The fourth-order valence-corrected chi connectivity index (χ4v) is 2.75. The molecule has 0 radical (unpaired) electrons. The third-order valence-corrected chi connectivity index (χ3v) is 4.88. The Morgan fingerprint density at radius 2 is 1.86 bits per heavy atom. The lowest BCUT2D eigenvalue weighted by Crippen LogP contribution is -2.37. The third-order valence-electron chi connectivity index (χ3n) is 4.88. The molecule has 3 atom stereocenters. The number of hydrogen-bond acceptors (Lipinski definition) is 2. The monoisotopic (exact) mass is 306 g/mol. The summed E-state index contributed by atoms with van der Waals surface area (Å²) in [6, 6.07) is 0. The van der Waals surface area contributed by atoms with Gasteiger partial charge in [-0.3, -0.25) is 0 Å². The Balaban J connectivity index is 3.01. The van der Waals surface area contributed by atoms with Gasteiger partial charge in [-0.1, -0.05) is 50.6 Å². The molecule has 0 saturated heterocycles. The molecule has 22 heavy (non-hydrogen) atoms. The summed E-state index contributed by atoms with van der Waals surface area (Å²) in [6.07, 6.45) is 12.4. The Hall–Kier alpha value is -0.860. The van der Waals surface area contributed by atoms with Crippen LogP contribution in [-0.2, 0) is 0 Å². The first-order chi connectivity index (χ1) is 10.2. The van der Waals surface area contributed by atoms with Crippen LogP contribution in [0.25, 0.3) is 0 Å². The molecule has 0 heterocycles. The van der Waals surface area contributed by atoms with Gasteiger partial charge in [0, 0.05) is 6.42 Å². The van der Waals surface area contributed by atoms with Crippen LogP contribution in [0.3, 0.4) is 0 Å². The lowest BCUT2D eigenvalue weighted by atomic mass is 9.82. The number of allylic oxidation sites excluding steroid dienone is 4. The number of hydrogen-bond donors (Lipinski definition) is 2. The molecule has 1 aliphatic carbocycles. The quantitative estimate of drug-likeness (QED) is 0.684. The largest absolute Gasteiger partial charge is 0.389 e. The van der Waals surface area contributed by atoms with E-state index in [0.717, 1.165) is 31.3 Å². The molecule has 0 unspecified atom stereocenters. The van der Waals surface area contributed by atoms with E-state index in [1.54, 1.807) is 0 Å². The molecule has 0 bridgehead atoms. The van der Waals surface area contributed by atoms with Crippen LogP contribution in [0.5, 0.6) is 0 Å². The Labute approximate surface area is 136 Å². The minimum absolute atomic E-state index is 0.0773. The standard InChI is InChI=1S/C20H34O2/c1-15(2)20(22)13-12-17(4)9-6-8-16(3)10-7-11-18(5)19(21)14-20/h8,11-13,15,17,19,21-22H,6-7,9-10,14H2,1-5H3/b13-12+,16-8+,18-11+/t17-,19+,20-/m0/s1. The van der Waals surface area contributed by atoms with Gasteiger partial charge < -0.3 is 10.2 Å². The molecule has 0 aromatic heterocycles. The third kappa shape index (κ3) is 6.10. The normalized spacial score (nSPS) is 38.5. The van der Waals surface area contributed by atoms with E-state index in [-0.39, 0.29) is 5.92 Å². The molecule has 126 valence electrons. The van der Waals surface area contributed by atoms with Gasteiger partial charge in [-0.05, 0) is 56.9 Å². The molecule has 2 nitrogen and oxygen atoms in total. The van der Waals surface area contributed by atoms with Crippen molar-refractivity contribution in [3.63, 3.8) is 0 Å². The second-order valence-electron chi connectivity index (χ2n) is 7.32. The molecule has 0 aromatic rings. The van der Waals surface area contributed by atoms with Crippen LogP contribution in [0.4, 0.5) is 0 Å². The minimum Gasteiger partial charge on any atom is -0.389 e. The molecule has 2 heteroatoms. The van der Waals surface area contributed by atoms with Gasteiger partial charge in [0.05, 0.1) is 11.7 Å². The molecule has 0 amide bonds. The lowest BCUT2D eigenvalue weighted by molar-refractivity contribution is 0.00153. The fraction of sp³-hybridized carbons (Fsp3) is 0.700. The highest BCUT2D eigenvalue weighted by Crippen LogP contribution is 2.28. The van der Waals surface area contributed by atoms with E-state index in [9.17, 15) is 10.2 Å². The predicted molar refractivity (Wildman–Crippen MR) is 94.7 cm³/mol. The van der Waals surface area contributed by atoms with Crippen molar-refractivity contribution in [3.05, 3.63) is 35.5 Å².